The summed E-state index contributed by atoms with van der Waals surface area (Å²) in [7, 11) is 0. The predicted octanol–water partition coefficient (Wildman–Crippen LogP) is 4.61. The fraction of sp³-hybridized carbons (Fsp3) is 0.278. The van der Waals surface area contributed by atoms with Gasteiger partial charge >= 0.3 is 0 Å². The number of carbonyl (C=O) groups excluding carboxylic acids is 1. The lowest BCUT2D eigenvalue weighted by atomic mass is 10.2. The van der Waals surface area contributed by atoms with Gasteiger partial charge in [0, 0.05) is 30.5 Å². The Labute approximate surface area is 151 Å². The highest BCUT2D eigenvalue weighted by Crippen LogP contribution is 2.26. The van der Waals surface area contributed by atoms with Crippen LogP contribution in [0.3, 0.4) is 0 Å². The van der Waals surface area contributed by atoms with Gasteiger partial charge in [0.25, 0.3) is 5.91 Å². The molecule has 2 aromatic carbocycles. The van der Waals surface area contributed by atoms with Crippen LogP contribution in [-0.2, 0) is 4.79 Å². The van der Waals surface area contributed by atoms with Gasteiger partial charge in [0.15, 0.2) is 6.61 Å². The van der Waals surface area contributed by atoms with Crippen LogP contribution in [0, 0.1) is 0 Å². The topological polar surface area (TPSA) is 41.6 Å². The minimum absolute atomic E-state index is 0.0914. The molecule has 0 aliphatic carbocycles. The molecule has 0 aromatic heterocycles. The van der Waals surface area contributed by atoms with Crippen LogP contribution in [-0.4, -0.2) is 25.6 Å². The van der Waals surface area contributed by atoms with Crippen molar-refractivity contribution >= 4 is 40.5 Å². The molecule has 1 aliphatic rings. The summed E-state index contributed by atoms with van der Waals surface area (Å²) >= 11 is 11.8. The maximum absolute atomic E-state index is 12.1. The Balaban J connectivity index is 1.56. The van der Waals surface area contributed by atoms with Crippen LogP contribution in [0.1, 0.15) is 12.8 Å². The lowest BCUT2D eigenvalue weighted by molar-refractivity contribution is -0.118. The third-order valence-electron chi connectivity index (χ3n) is 3.86. The zero-order chi connectivity index (χ0) is 16.9. The SMILES string of the molecule is O=C(COc1ccc(Cl)c(Cl)c1)Nc1cccc(N2CCCC2)c1. The summed E-state index contributed by atoms with van der Waals surface area (Å²) in [5, 5.41) is 3.70. The van der Waals surface area contributed by atoms with Crippen molar-refractivity contribution in [2.75, 3.05) is 29.9 Å². The monoisotopic (exact) mass is 364 g/mol. The van der Waals surface area contributed by atoms with E-state index in [0.717, 1.165) is 24.5 Å². The molecule has 0 atom stereocenters. The fourth-order valence-electron chi connectivity index (χ4n) is 2.67. The fourth-order valence-corrected chi connectivity index (χ4v) is 2.96. The van der Waals surface area contributed by atoms with Crippen molar-refractivity contribution in [2.45, 2.75) is 12.8 Å². The van der Waals surface area contributed by atoms with E-state index in [1.54, 1.807) is 18.2 Å². The smallest absolute Gasteiger partial charge is 0.262 e. The molecule has 2 aromatic rings. The summed E-state index contributed by atoms with van der Waals surface area (Å²) < 4.78 is 5.44. The molecule has 0 saturated carbocycles. The van der Waals surface area contributed by atoms with Crippen molar-refractivity contribution in [3.63, 3.8) is 0 Å². The summed E-state index contributed by atoms with van der Waals surface area (Å²) in [6.07, 6.45) is 2.43. The normalized spacial score (nSPS) is 13.8. The molecule has 24 heavy (non-hydrogen) atoms. The number of anilines is 2. The van der Waals surface area contributed by atoms with E-state index in [1.165, 1.54) is 12.8 Å². The highest BCUT2D eigenvalue weighted by atomic mass is 35.5. The Morgan fingerprint density at radius 3 is 2.62 bits per heavy atom. The van der Waals surface area contributed by atoms with Crippen molar-refractivity contribution in [1.82, 2.24) is 0 Å². The Morgan fingerprint density at radius 2 is 1.88 bits per heavy atom. The molecule has 126 valence electrons. The van der Waals surface area contributed by atoms with Gasteiger partial charge in [-0.1, -0.05) is 29.3 Å². The van der Waals surface area contributed by atoms with Crippen molar-refractivity contribution < 1.29 is 9.53 Å². The highest BCUT2D eigenvalue weighted by Gasteiger charge is 2.13. The molecule has 0 radical (unpaired) electrons. The number of hydrogen-bond donors (Lipinski definition) is 1. The van der Waals surface area contributed by atoms with Gasteiger partial charge in [0.2, 0.25) is 0 Å². The summed E-state index contributed by atoms with van der Waals surface area (Å²) in [5.41, 5.74) is 1.90. The molecular formula is C18H18Cl2N2O2. The van der Waals surface area contributed by atoms with E-state index in [4.69, 9.17) is 27.9 Å². The minimum Gasteiger partial charge on any atom is -0.484 e. The zero-order valence-electron chi connectivity index (χ0n) is 13.1. The number of nitrogens with one attached hydrogen (secondary N) is 1. The van der Waals surface area contributed by atoms with Gasteiger partial charge < -0.3 is 15.0 Å². The second-order valence-electron chi connectivity index (χ2n) is 5.66. The van der Waals surface area contributed by atoms with E-state index in [9.17, 15) is 4.79 Å². The van der Waals surface area contributed by atoms with Crippen LogP contribution >= 0.6 is 23.2 Å². The van der Waals surface area contributed by atoms with Crippen LogP contribution in [0.4, 0.5) is 11.4 Å². The number of ether oxygens (including phenoxy) is 1. The van der Waals surface area contributed by atoms with Crippen molar-refractivity contribution in [2.24, 2.45) is 0 Å². The van der Waals surface area contributed by atoms with Crippen molar-refractivity contribution in [1.29, 1.82) is 0 Å². The van der Waals surface area contributed by atoms with Crippen LogP contribution in [0.15, 0.2) is 42.5 Å². The van der Waals surface area contributed by atoms with Crippen molar-refractivity contribution in [3.05, 3.63) is 52.5 Å². The third kappa shape index (κ3) is 4.34. The number of benzene rings is 2. The van der Waals surface area contributed by atoms with E-state index in [1.807, 2.05) is 18.2 Å². The molecule has 0 bridgehead atoms. The number of nitrogens with zero attached hydrogens (tertiary/aromatic N) is 1. The van der Waals surface area contributed by atoms with Gasteiger partial charge in [-0.25, -0.2) is 0 Å². The van der Waals surface area contributed by atoms with Gasteiger partial charge in [-0.2, -0.15) is 0 Å². The maximum Gasteiger partial charge on any atom is 0.262 e. The molecule has 1 aliphatic heterocycles. The Morgan fingerprint density at radius 1 is 1.08 bits per heavy atom. The zero-order valence-corrected chi connectivity index (χ0v) is 14.6. The first-order chi connectivity index (χ1) is 11.6. The van der Waals surface area contributed by atoms with Crippen LogP contribution in [0.5, 0.6) is 5.75 Å². The highest BCUT2D eigenvalue weighted by molar-refractivity contribution is 6.42. The van der Waals surface area contributed by atoms with E-state index in [-0.39, 0.29) is 12.5 Å². The van der Waals surface area contributed by atoms with E-state index >= 15 is 0 Å². The molecule has 1 heterocycles. The molecule has 1 amide bonds. The largest absolute Gasteiger partial charge is 0.484 e. The molecule has 4 nitrogen and oxygen atoms in total. The standard InChI is InChI=1S/C18H18Cl2N2O2/c19-16-7-6-15(11-17(16)20)24-12-18(23)21-13-4-3-5-14(10-13)22-8-1-2-9-22/h3-7,10-11H,1-2,8-9,12H2,(H,21,23). The molecule has 1 N–H and O–H groups in total. The van der Waals surface area contributed by atoms with Crippen LogP contribution < -0.4 is 15.0 Å². The predicted molar refractivity (Wildman–Crippen MR) is 98.5 cm³/mol. The number of halogens is 2. The van der Waals surface area contributed by atoms with Crippen molar-refractivity contribution in [3.8, 4) is 5.75 Å². The van der Waals surface area contributed by atoms with E-state index in [2.05, 4.69) is 16.3 Å². The molecule has 1 saturated heterocycles. The van der Waals surface area contributed by atoms with Crippen LogP contribution in [0.25, 0.3) is 0 Å². The van der Waals surface area contributed by atoms with Gasteiger partial charge in [-0.05, 0) is 43.2 Å². The van der Waals surface area contributed by atoms with E-state index in [0.29, 0.717) is 15.8 Å². The van der Waals surface area contributed by atoms with Gasteiger partial charge in [-0.15, -0.1) is 0 Å². The van der Waals surface area contributed by atoms with Gasteiger partial charge in [0.05, 0.1) is 10.0 Å². The summed E-state index contributed by atoms with van der Waals surface area (Å²) in [6.45, 7) is 2.04. The molecule has 0 spiro atoms. The maximum atomic E-state index is 12.1. The Bertz CT molecular complexity index is 731. The summed E-state index contributed by atoms with van der Waals surface area (Å²) in [6, 6.07) is 12.8. The lowest BCUT2D eigenvalue weighted by Gasteiger charge is -2.18. The average Bonchev–Trinajstić information content (AvgIpc) is 3.11. The summed E-state index contributed by atoms with van der Waals surface area (Å²) in [5.74, 6) is 0.282. The Kier molecular flexibility index (Phi) is 5.48. The molecule has 6 heteroatoms. The molecule has 3 rings (SSSR count). The van der Waals surface area contributed by atoms with E-state index < -0.39 is 0 Å². The minimum atomic E-state index is -0.223. The lowest BCUT2D eigenvalue weighted by Crippen LogP contribution is -2.21. The first-order valence-corrected chi connectivity index (χ1v) is 8.60. The molecular weight excluding hydrogens is 347 g/mol. The second-order valence-corrected chi connectivity index (χ2v) is 6.47. The Hall–Kier alpha value is -1.91. The molecule has 1 fully saturated rings. The molecule has 0 unspecified atom stereocenters. The second kappa shape index (κ2) is 7.77. The first kappa shape index (κ1) is 16.9. The van der Waals surface area contributed by atoms with Gasteiger partial charge in [0.1, 0.15) is 5.75 Å². The number of hydrogen-bond acceptors (Lipinski definition) is 3. The van der Waals surface area contributed by atoms with Crippen LogP contribution in [0.2, 0.25) is 10.0 Å². The first-order valence-electron chi connectivity index (χ1n) is 7.84. The number of carbonyl (C=O) groups is 1. The van der Waals surface area contributed by atoms with Gasteiger partial charge in [-0.3, -0.25) is 4.79 Å². The third-order valence-corrected chi connectivity index (χ3v) is 4.60. The number of rotatable bonds is 5. The average molecular weight is 365 g/mol. The quantitative estimate of drug-likeness (QED) is 0.841. The summed E-state index contributed by atoms with van der Waals surface area (Å²) in [4.78, 5) is 14.4. The number of amides is 1.